The van der Waals surface area contributed by atoms with E-state index < -0.39 is 0 Å². The molecule has 2 nitrogen and oxygen atoms in total. The van der Waals surface area contributed by atoms with Gasteiger partial charge in [-0.05, 0) is 37.7 Å². The van der Waals surface area contributed by atoms with Gasteiger partial charge in [-0.3, -0.25) is 0 Å². The van der Waals surface area contributed by atoms with E-state index in [-0.39, 0.29) is 0 Å². The van der Waals surface area contributed by atoms with Gasteiger partial charge < -0.3 is 4.57 Å². The molecular weight excluding hydrogens is 388 g/mol. The molecule has 0 spiro atoms. The fourth-order valence-electron chi connectivity index (χ4n) is 4.62. The number of hydrogen-bond acceptors (Lipinski definition) is 1. The Labute approximate surface area is 199 Å². The molecule has 0 atom stereocenters. The van der Waals surface area contributed by atoms with Crippen LogP contribution in [-0.2, 0) is 25.8 Å². The van der Waals surface area contributed by atoms with E-state index in [1.807, 2.05) is 0 Å². The van der Waals surface area contributed by atoms with Crippen LogP contribution < -0.4 is 0 Å². The van der Waals surface area contributed by atoms with Crippen LogP contribution in [0.5, 0.6) is 0 Å². The molecule has 2 aromatic rings. The van der Waals surface area contributed by atoms with E-state index in [4.69, 9.17) is 4.98 Å². The van der Waals surface area contributed by atoms with Crippen LogP contribution in [0.1, 0.15) is 127 Å². The Morgan fingerprint density at radius 3 is 1.84 bits per heavy atom. The molecular formula is C30H50N2. The summed E-state index contributed by atoms with van der Waals surface area (Å²) in [5.41, 5.74) is 2.75. The zero-order valence-electron chi connectivity index (χ0n) is 21.3. The maximum atomic E-state index is 5.08. The lowest BCUT2D eigenvalue weighted by Crippen LogP contribution is -2.03. The number of rotatable bonds is 20. The summed E-state index contributed by atoms with van der Waals surface area (Å²) in [6.07, 6.45) is 26.2. The van der Waals surface area contributed by atoms with E-state index in [0.29, 0.717) is 0 Å². The number of unbranched alkanes of at least 4 members (excludes halogenated alkanes) is 12. The van der Waals surface area contributed by atoms with Crippen molar-refractivity contribution >= 4 is 0 Å². The SMILES string of the molecule is CCCCCCCCCCCCc1nc(CCCc2ccccc2)cn1CCCCCC. The summed E-state index contributed by atoms with van der Waals surface area (Å²) in [5, 5.41) is 0. The van der Waals surface area contributed by atoms with E-state index in [1.165, 1.54) is 113 Å². The van der Waals surface area contributed by atoms with Gasteiger partial charge in [0.1, 0.15) is 5.82 Å². The minimum atomic E-state index is 1.10. The number of imidazole rings is 1. The topological polar surface area (TPSA) is 17.8 Å². The second-order valence-electron chi connectivity index (χ2n) is 9.67. The lowest BCUT2D eigenvalue weighted by Gasteiger charge is -2.07. The minimum absolute atomic E-state index is 1.10. The van der Waals surface area contributed by atoms with Crippen LogP contribution in [-0.4, -0.2) is 9.55 Å². The van der Waals surface area contributed by atoms with Crippen LogP contribution in [0.15, 0.2) is 36.5 Å². The number of aryl methyl sites for hydroxylation is 4. The molecule has 0 fully saturated rings. The minimum Gasteiger partial charge on any atom is -0.335 e. The van der Waals surface area contributed by atoms with Crippen LogP contribution in [0.3, 0.4) is 0 Å². The van der Waals surface area contributed by atoms with Crippen molar-refractivity contribution in [3.63, 3.8) is 0 Å². The highest BCUT2D eigenvalue weighted by molar-refractivity contribution is 5.15. The van der Waals surface area contributed by atoms with Crippen LogP contribution >= 0.6 is 0 Å². The largest absolute Gasteiger partial charge is 0.335 e. The Kier molecular flexibility index (Phi) is 14.9. The second kappa shape index (κ2) is 17.9. The zero-order chi connectivity index (χ0) is 22.7. The third kappa shape index (κ3) is 11.9. The summed E-state index contributed by atoms with van der Waals surface area (Å²) in [6.45, 7) is 5.74. The van der Waals surface area contributed by atoms with Crippen molar-refractivity contribution in [1.82, 2.24) is 9.55 Å². The highest BCUT2D eigenvalue weighted by Crippen LogP contribution is 2.15. The normalized spacial score (nSPS) is 11.3. The first-order valence-corrected chi connectivity index (χ1v) is 13.9. The first-order chi connectivity index (χ1) is 15.8. The van der Waals surface area contributed by atoms with Crippen molar-refractivity contribution < 1.29 is 0 Å². The Bertz CT molecular complexity index is 673. The quantitative estimate of drug-likeness (QED) is 0.188. The van der Waals surface area contributed by atoms with Gasteiger partial charge in [0.05, 0.1) is 5.69 Å². The standard InChI is InChI=1S/C30H50N2/c1-3-5-7-9-10-11-12-13-14-18-25-30-31-29(27-32(30)26-19-8-6-4-2)24-20-23-28-21-16-15-17-22-28/h15-17,21-22,27H,3-14,18-20,23-26H2,1-2H3. The first kappa shape index (κ1) is 26.7. The van der Waals surface area contributed by atoms with Crippen molar-refractivity contribution in [3.8, 4) is 0 Å². The average molecular weight is 439 g/mol. The molecule has 0 amide bonds. The third-order valence-corrected chi connectivity index (χ3v) is 6.66. The van der Waals surface area contributed by atoms with Gasteiger partial charge in [-0.25, -0.2) is 4.98 Å². The lowest BCUT2D eigenvalue weighted by atomic mass is 10.1. The first-order valence-electron chi connectivity index (χ1n) is 13.9. The number of hydrogen-bond donors (Lipinski definition) is 0. The summed E-state index contributed by atoms with van der Waals surface area (Å²) in [4.78, 5) is 5.08. The van der Waals surface area contributed by atoms with Gasteiger partial charge in [0.2, 0.25) is 0 Å². The van der Waals surface area contributed by atoms with Crippen molar-refractivity contribution in [2.45, 2.75) is 136 Å². The van der Waals surface area contributed by atoms with Gasteiger partial charge in [-0.1, -0.05) is 121 Å². The maximum absolute atomic E-state index is 5.08. The molecule has 0 aliphatic heterocycles. The summed E-state index contributed by atoms with van der Waals surface area (Å²) in [5.74, 6) is 1.34. The molecule has 0 saturated heterocycles. The number of nitrogens with zero attached hydrogens (tertiary/aromatic N) is 2. The molecule has 1 heterocycles. The third-order valence-electron chi connectivity index (χ3n) is 6.66. The van der Waals surface area contributed by atoms with Crippen molar-refractivity contribution in [2.75, 3.05) is 0 Å². The molecule has 32 heavy (non-hydrogen) atoms. The highest BCUT2D eigenvalue weighted by Gasteiger charge is 2.08. The zero-order valence-corrected chi connectivity index (χ0v) is 21.3. The van der Waals surface area contributed by atoms with Gasteiger partial charge in [0.25, 0.3) is 0 Å². The monoisotopic (exact) mass is 438 g/mol. The van der Waals surface area contributed by atoms with E-state index in [1.54, 1.807) is 0 Å². The molecule has 2 rings (SSSR count). The smallest absolute Gasteiger partial charge is 0.108 e. The molecule has 0 aliphatic carbocycles. The van der Waals surface area contributed by atoms with Crippen molar-refractivity contribution in [2.24, 2.45) is 0 Å². The average Bonchev–Trinajstić information content (AvgIpc) is 3.20. The molecule has 0 aliphatic rings. The summed E-state index contributed by atoms with van der Waals surface area (Å²) < 4.78 is 2.49. The predicted molar refractivity (Wildman–Crippen MR) is 140 cm³/mol. The molecule has 0 saturated carbocycles. The Hall–Kier alpha value is -1.57. The molecule has 180 valence electrons. The number of benzene rings is 1. The Morgan fingerprint density at radius 1 is 0.594 bits per heavy atom. The van der Waals surface area contributed by atoms with Gasteiger partial charge in [-0.15, -0.1) is 0 Å². The van der Waals surface area contributed by atoms with Crippen LogP contribution in [0, 0.1) is 0 Å². The molecule has 2 heteroatoms. The Morgan fingerprint density at radius 2 is 1.19 bits per heavy atom. The van der Waals surface area contributed by atoms with Gasteiger partial charge in [-0.2, -0.15) is 0 Å². The summed E-state index contributed by atoms with van der Waals surface area (Å²) in [6, 6.07) is 10.9. The van der Waals surface area contributed by atoms with Gasteiger partial charge >= 0.3 is 0 Å². The highest BCUT2D eigenvalue weighted by atomic mass is 15.1. The van der Waals surface area contributed by atoms with E-state index in [0.717, 1.165) is 25.8 Å². The van der Waals surface area contributed by atoms with Crippen LogP contribution in [0.4, 0.5) is 0 Å². The second-order valence-corrected chi connectivity index (χ2v) is 9.67. The Balaban J connectivity index is 1.71. The summed E-state index contributed by atoms with van der Waals surface area (Å²) >= 11 is 0. The predicted octanol–water partition coefficient (Wildman–Crippen LogP) is 9.10. The van der Waals surface area contributed by atoms with Crippen molar-refractivity contribution in [1.29, 1.82) is 0 Å². The van der Waals surface area contributed by atoms with E-state index >= 15 is 0 Å². The van der Waals surface area contributed by atoms with E-state index in [2.05, 4.69) is 54.9 Å². The lowest BCUT2D eigenvalue weighted by molar-refractivity contribution is 0.538. The molecule has 0 N–H and O–H groups in total. The van der Waals surface area contributed by atoms with Crippen molar-refractivity contribution in [3.05, 3.63) is 53.6 Å². The number of aromatic nitrogens is 2. The molecule has 0 radical (unpaired) electrons. The fourth-order valence-corrected chi connectivity index (χ4v) is 4.62. The summed E-state index contributed by atoms with van der Waals surface area (Å²) in [7, 11) is 0. The van der Waals surface area contributed by atoms with Gasteiger partial charge in [0.15, 0.2) is 0 Å². The molecule has 0 bridgehead atoms. The molecule has 0 unspecified atom stereocenters. The molecule has 1 aromatic carbocycles. The van der Waals surface area contributed by atoms with E-state index in [9.17, 15) is 0 Å². The van der Waals surface area contributed by atoms with Gasteiger partial charge in [0, 0.05) is 19.2 Å². The van der Waals surface area contributed by atoms with Crippen LogP contribution in [0.2, 0.25) is 0 Å². The fraction of sp³-hybridized carbons (Fsp3) is 0.700. The van der Waals surface area contributed by atoms with Crippen LogP contribution in [0.25, 0.3) is 0 Å². The molecule has 1 aromatic heterocycles. The maximum Gasteiger partial charge on any atom is 0.108 e.